The molecular formula is C13H8N4. The summed E-state index contributed by atoms with van der Waals surface area (Å²) in [5.74, 6) is 0. The van der Waals surface area contributed by atoms with Crippen molar-refractivity contribution in [1.29, 1.82) is 0 Å². The normalized spacial score (nSPS) is 11.5. The zero-order valence-electron chi connectivity index (χ0n) is 8.88. The highest BCUT2D eigenvalue weighted by atomic mass is 14.8. The SMILES string of the molecule is c1cc2c(cn1)[nH]c1c2ccc2nccnc21. The Morgan fingerprint density at radius 2 is 1.82 bits per heavy atom. The van der Waals surface area contributed by atoms with Gasteiger partial charge in [-0.15, -0.1) is 0 Å². The summed E-state index contributed by atoms with van der Waals surface area (Å²) >= 11 is 0. The van der Waals surface area contributed by atoms with E-state index in [0.29, 0.717) is 0 Å². The number of H-pyrrole nitrogens is 1. The maximum absolute atomic E-state index is 4.39. The quantitative estimate of drug-likeness (QED) is 0.495. The molecule has 80 valence electrons. The van der Waals surface area contributed by atoms with E-state index < -0.39 is 0 Å². The molecule has 0 aliphatic rings. The molecule has 0 aliphatic heterocycles. The van der Waals surface area contributed by atoms with E-state index in [1.54, 1.807) is 18.6 Å². The van der Waals surface area contributed by atoms with E-state index in [1.165, 1.54) is 5.39 Å². The van der Waals surface area contributed by atoms with Gasteiger partial charge in [0.25, 0.3) is 0 Å². The number of hydrogen-bond donors (Lipinski definition) is 1. The third-order valence-corrected chi connectivity index (χ3v) is 3.01. The lowest BCUT2D eigenvalue weighted by atomic mass is 10.1. The van der Waals surface area contributed by atoms with Crippen LogP contribution in [-0.4, -0.2) is 19.9 Å². The number of benzene rings is 1. The van der Waals surface area contributed by atoms with E-state index >= 15 is 0 Å². The molecule has 0 spiro atoms. The number of nitrogens with zero attached hydrogens (tertiary/aromatic N) is 3. The Bertz CT molecular complexity index is 848. The second-order valence-electron chi connectivity index (χ2n) is 3.96. The Labute approximate surface area is 96.3 Å². The Morgan fingerprint density at radius 1 is 0.882 bits per heavy atom. The molecule has 0 amide bonds. The highest BCUT2D eigenvalue weighted by Crippen LogP contribution is 2.28. The number of hydrogen-bond acceptors (Lipinski definition) is 3. The molecule has 4 aromatic rings. The van der Waals surface area contributed by atoms with Crippen LogP contribution in [-0.2, 0) is 0 Å². The predicted octanol–water partition coefficient (Wildman–Crippen LogP) is 2.66. The summed E-state index contributed by atoms with van der Waals surface area (Å²) in [7, 11) is 0. The van der Waals surface area contributed by atoms with Gasteiger partial charge in [0.15, 0.2) is 0 Å². The summed E-state index contributed by atoms with van der Waals surface area (Å²) in [6.45, 7) is 0. The first-order chi connectivity index (χ1) is 8.43. The maximum Gasteiger partial charge on any atom is 0.113 e. The largest absolute Gasteiger partial charge is 0.351 e. The molecule has 0 bridgehead atoms. The number of fused-ring (bicyclic) bond motifs is 5. The lowest BCUT2D eigenvalue weighted by Gasteiger charge is -1.96. The number of aromatic nitrogens is 4. The molecule has 4 heteroatoms. The van der Waals surface area contributed by atoms with Crippen molar-refractivity contribution in [3.63, 3.8) is 0 Å². The molecule has 17 heavy (non-hydrogen) atoms. The van der Waals surface area contributed by atoms with E-state index in [9.17, 15) is 0 Å². The van der Waals surface area contributed by atoms with Gasteiger partial charge in [-0.1, -0.05) is 0 Å². The Morgan fingerprint density at radius 3 is 2.82 bits per heavy atom. The number of nitrogens with one attached hydrogen (secondary N) is 1. The summed E-state index contributed by atoms with van der Waals surface area (Å²) in [4.78, 5) is 16.2. The van der Waals surface area contributed by atoms with Crippen LogP contribution >= 0.6 is 0 Å². The molecule has 4 nitrogen and oxygen atoms in total. The van der Waals surface area contributed by atoms with Crippen LogP contribution in [0.3, 0.4) is 0 Å². The van der Waals surface area contributed by atoms with Crippen molar-refractivity contribution in [1.82, 2.24) is 19.9 Å². The van der Waals surface area contributed by atoms with Crippen LogP contribution in [0.15, 0.2) is 43.0 Å². The average Bonchev–Trinajstić information content (AvgIpc) is 2.78. The molecule has 0 saturated heterocycles. The van der Waals surface area contributed by atoms with Crippen LogP contribution in [0, 0.1) is 0 Å². The monoisotopic (exact) mass is 220 g/mol. The zero-order chi connectivity index (χ0) is 11.2. The standard InChI is InChI=1S/C13H8N4/c1-2-10-13(16-6-5-15-10)12-9(1)8-3-4-14-7-11(8)17-12/h1-7,17H. The molecule has 3 heterocycles. The highest BCUT2D eigenvalue weighted by molar-refractivity contribution is 6.14. The fraction of sp³-hybridized carbons (Fsp3) is 0. The molecule has 0 fully saturated rings. The lowest BCUT2D eigenvalue weighted by molar-refractivity contribution is 1.30. The molecule has 0 aliphatic carbocycles. The van der Waals surface area contributed by atoms with E-state index in [-0.39, 0.29) is 0 Å². The first kappa shape index (κ1) is 8.64. The number of pyridine rings is 1. The Kier molecular flexibility index (Phi) is 1.53. The van der Waals surface area contributed by atoms with Gasteiger partial charge < -0.3 is 4.98 Å². The van der Waals surface area contributed by atoms with Crippen LogP contribution in [0.25, 0.3) is 32.8 Å². The molecule has 0 atom stereocenters. The second kappa shape index (κ2) is 3.01. The third-order valence-electron chi connectivity index (χ3n) is 3.01. The van der Waals surface area contributed by atoms with Crippen molar-refractivity contribution in [2.24, 2.45) is 0 Å². The van der Waals surface area contributed by atoms with Crippen molar-refractivity contribution in [3.8, 4) is 0 Å². The van der Waals surface area contributed by atoms with Gasteiger partial charge in [-0.25, -0.2) is 0 Å². The van der Waals surface area contributed by atoms with Crippen LogP contribution in [0.1, 0.15) is 0 Å². The predicted molar refractivity (Wildman–Crippen MR) is 66.7 cm³/mol. The van der Waals surface area contributed by atoms with Crippen molar-refractivity contribution in [3.05, 3.63) is 43.0 Å². The lowest BCUT2D eigenvalue weighted by Crippen LogP contribution is -1.82. The first-order valence-corrected chi connectivity index (χ1v) is 5.38. The van der Waals surface area contributed by atoms with Gasteiger partial charge in [0, 0.05) is 29.4 Å². The van der Waals surface area contributed by atoms with Gasteiger partial charge in [-0.2, -0.15) is 0 Å². The van der Waals surface area contributed by atoms with Gasteiger partial charge in [-0.05, 0) is 18.2 Å². The van der Waals surface area contributed by atoms with E-state index in [0.717, 1.165) is 27.5 Å². The van der Waals surface area contributed by atoms with Crippen LogP contribution in [0.2, 0.25) is 0 Å². The van der Waals surface area contributed by atoms with Crippen molar-refractivity contribution < 1.29 is 0 Å². The van der Waals surface area contributed by atoms with Crippen LogP contribution in [0.4, 0.5) is 0 Å². The third kappa shape index (κ3) is 1.09. The fourth-order valence-corrected chi connectivity index (χ4v) is 2.25. The van der Waals surface area contributed by atoms with Gasteiger partial charge >= 0.3 is 0 Å². The summed E-state index contributed by atoms with van der Waals surface area (Å²) in [5.41, 5.74) is 3.86. The number of rotatable bonds is 0. The molecule has 0 saturated carbocycles. The first-order valence-electron chi connectivity index (χ1n) is 5.38. The van der Waals surface area contributed by atoms with Crippen molar-refractivity contribution >= 4 is 32.8 Å². The fourth-order valence-electron chi connectivity index (χ4n) is 2.25. The molecular weight excluding hydrogens is 212 g/mol. The van der Waals surface area contributed by atoms with Gasteiger partial charge in [-0.3, -0.25) is 15.0 Å². The van der Waals surface area contributed by atoms with Gasteiger partial charge in [0.05, 0.1) is 22.7 Å². The highest BCUT2D eigenvalue weighted by Gasteiger charge is 2.08. The van der Waals surface area contributed by atoms with Crippen LogP contribution in [0.5, 0.6) is 0 Å². The molecule has 0 unspecified atom stereocenters. The summed E-state index contributed by atoms with van der Waals surface area (Å²) < 4.78 is 0. The maximum atomic E-state index is 4.39. The molecule has 1 N–H and O–H groups in total. The minimum absolute atomic E-state index is 0.902. The van der Waals surface area contributed by atoms with Gasteiger partial charge in [0.2, 0.25) is 0 Å². The van der Waals surface area contributed by atoms with Crippen molar-refractivity contribution in [2.75, 3.05) is 0 Å². The smallest absolute Gasteiger partial charge is 0.113 e. The minimum atomic E-state index is 0.902. The van der Waals surface area contributed by atoms with E-state index in [2.05, 4.69) is 26.0 Å². The topological polar surface area (TPSA) is 54.5 Å². The number of aromatic amines is 1. The van der Waals surface area contributed by atoms with Gasteiger partial charge in [0.1, 0.15) is 5.52 Å². The van der Waals surface area contributed by atoms with Crippen LogP contribution < -0.4 is 0 Å². The second-order valence-corrected chi connectivity index (χ2v) is 3.96. The minimum Gasteiger partial charge on any atom is -0.351 e. The molecule has 0 radical (unpaired) electrons. The summed E-state index contributed by atoms with van der Waals surface area (Å²) in [5, 5.41) is 2.33. The average molecular weight is 220 g/mol. The van der Waals surface area contributed by atoms with E-state index in [4.69, 9.17) is 0 Å². The van der Waals surface area contributed by atoms with Crippen molar-refractivity contribution in [2.45, 2.75) is 0 Å². The molecule has 1 aromatic carbocycles. The molecule has 4 rings (SSSR count). The zero-order valence-corrected chi connectivity index (χ0v) is 8.88. The summed E-state index contributed by atoms with van der Waals surface area (Å²) in [6, 6.07) is 6.08. The summed E-state index contributed by atoms with van der Waals surface area (Å²) in [6.07, 6.45) is 7.05. The Balaban J connectivity index is 2.34. The van der Waals surface area contributed by atoms with E-state index in [1.807, 2.05) is 18.3 Å². The Hall–Kier alpha value is -2.49. The molecule has 3 aromatic heterocycles.